The van der Waals surface area contributed by atoms with Crippen LogP contribution in [0.3, 0.4) is 0 Å². The first-order valence-electron chi connectivity index (χ1n) is 11.5. The minimum atomic E-state index is -0.542. The van der Waals surface area contributed by atoms with E-state index in [2.05, 4.69) is 25.5 Å². The molecular formula is C24H30ClN5O3. The second kappa shape index (κ2) is 10.4. The predicted octanol–water partition coefficient (Wildman–Crippen LogP) is 4.00. The van der Waals surface area contributed by atoms with Crippen molar-refractivity contribution in [1.29, 1.82) is 0 Å². The van der Waals surface area contributed by atoms with Crippen LogP contribution in [0.2, 0.25) is 5.28 Å². The van der Waals surface area contributed by atoms with Crippen LogP contribution in [0.5, 0.6) is 0 Å². The molecule has 2 amide bonds. The molecule has 8 nitrogen and oxygen atoms in total. The first-order valence-corrected chi connectivity index (χ1v) is 11.9. The predicted molar refractivity (Wildman–Crippen MR) is 126 cm³/mol. The van der Waals surface area contributed by atoms with E-state index in [1.165, 1.54) is 6.42 Å². The molecule has 0 radical (unpaired) electrons. The van der Waals surface area contributed by atoms with Crippen molar-refractivity contribution in [2.75, 3.05) is 11.9 Å². The average molecular weight is 472 g/mol. The summed E-state index contributed by atoms with van der Waals surface area (Å²) in [6, 6.07) is 10.8. The highest BCUT2D eigenvalue weighted by molar-refractivity contribution is 6.28. The Hall–Kier alpha value is -2.87. The van der Waals surface area contributed by atoms with Gasteiger partial charge in [0.1, 0.15) is 18.5 Å². The summed E-state index contributed by atoms with van der Waals surface area (Å²) in [5.74, 6) is 1.07. The van der Waals surface area contributed by atoms with Gasteiger partial charge in [0.15, 0.2) is 0 Å². The fourth-order valence-corrected chi connectivity index (χ4v) is 5.17. The summed E-state index contributed by atoms with van der Waals surface area (Å²) in [6.45, 7) is 2.00. The summed E-state index contributed by atoms with van der Waals surface area (Å²) in [6.07, 6.45) is 4.73. The van der Waals surface area contributed by atoms with Crippen LogP contribution < -0.4 is 15.5 Å². The van der Waals surface area contributed by atoms with Crippen LogP contribution in [-0.4, -0.2) is 41.1 Å². The molecule has 1 aromatic heterocycles. The molecule has 176 valence electrons. The second-order valence-corrected chi connectivity index (χ2v) is 9.07. The monoisotopic (exact) mass is 471 g/mol. The molecule has 2 aromatic rings. The van der Waals surface area contributed by atoms with Crippen molar-refractivity contribution in [1.82, 2.24) is 20.6 Å². The van der Waals surface area contributed by atoms with Gasteiger partial charge in [0.2, 0.25) is 11.2 Å². The van der Waals surface area contributed by atoms with Crippen LogP contribution in [0.1, 0.15) is 56.3 Å². The maximum atomic E-state index is 12.7. The largest absolute Gasteiger partial charge is 0.445 e. The number of fused-ring (bicyclic) bond motifs is 1. The van der Waals surface area contributed by atoms with Gasteiger partial charge in [-0.25, -0.2) is 14.8 Å². The first kappa shape index (κ1) is 23.3. The molecule has 1 saturated heterocycles. The van der Waals surface area contributed by atoms with Gasteiger partial charge < -0.3 is 20.3 Å². The Kier molecular flexibility index (Phi) is 7.33. The van der Waals surface area contributed by atoms with Crippen molar-refractivity contribution >= 4 is 29.4 Å². The third-order valence-corrected chi connectivity index (χ3v) is 6.77. The smallest absolute Gasteiger partial charge is 0.407 e. The van der Waals surface area contributed by atoms with Gasteiger partial charge in [-0.1, -0.05) is 43.2 Å². The summed E-state index contributed by atoms with van der Waals surface area (Å²) in [5.41, 5.74) is 1.47. The van der Waals surface area contributed by atoms with Crippen LogP contribution >= 0.6 is 11.6 Å². The summed E-state index contributed by atoms with van der Waals surface area (Å²) in [5, 5.41) is 5.68. The Morgan fingerprint density at radius 1 is 1.21 bits per heavy atom. The van der Waals surface area contributed by atoms with E-state index in [0.717, 1.165) is 31.2 Å². The van der Waals surface area contributed by atoms with Crippen LogP contribution in [0.4, 0.5) is 10.6 Å². The van der Waals surface area contributed by atoms with Crippen molar-refractivity contribution in [3.63, 3.8) is 0 Å². The fraction of sp³-hybridized carbons (Fsp3) is 0.500. The van der Waals surface area contributed by atoms with E-state index < -0.39 is 12.1 Å². The fourth-order valence-electron chi connectivity index (χ4n) is 4.98. The van der Waals surface area contributed by atoms with Crippen molar-refractivity contribution in [3.8, 4) is 0 Å². The Bertz CT molecular complexity index is 989. The average Bonchev–Trinajstić information content (AvgIpc) is 3.22. The number of nitrogens with zero attached hydrogens (tertiary/aromatic N) is 3. The van der Waals surface area contributed by atoms with Crippen LogP contribution in [0.15, 0.2) is 36.4 Å². The number of alkyl carbamates (subject to hydrolysis) is 1. The molecule has 9 heteroatoms. The third-order valence-electron chi connectivity index (χ3n) is 6.60. The zero-order chi connectivity index (χ0) is 23.4. The van der Waals surface area contributed by atoms with E-state index in [9.17, 15) is 9.59 Å². The van der Waals surface area contributed by atoms with Gasteiger partial charge in [-0.05, 0) is 49.3 Å². The van der Waals surface area contributed by atoms with Crippen LogP contribution in [0.25, 0.3) is 0 Å². The summed E-state index contributed by atoms with van der Waals surface area (Å²) < 4.78 is 5.32. The summed E-state index contributed by atoms with van der Waals surface area (Å²) in [4.78, 5) is 35.9. The molecule has 0 bridgehead atoms. The third kappa shape index (κ3) is 5.38. The van der Waals surface area contributed by atoms with Gasteiger partial charge >= 0.3 is 6.09 Å². The van der Waals surface area contributed by atoms with Gasteiger partial charge in [0.05, 0.1) is 11.7 Å². The number of halogens is 1. The van der Waals surface area contributed by atoms with E-state index in [-0.39, 0.29) is 29.9 Å². The number of carbonyl (C=O) groups excluding carboxylic acids is 2. The van der Waals surface area contributed by atoms with Crippen molar-refractivity contribution in [2.45, 2.75) is 63.8 Å². The van der Waals surface area contributed by atoms with Gasteiger partial charge in [-0.2, -0.15) is 0 Å². The molecule has 1 unspecified atom stereocenters. The van der Waals surface area contributed by atoms with Crippen molar-refractivity contribution in [2.24, 2.45) is 5.92 Å². The Morgan fingerprint density at radius 3 is 2.73 bits per heavy atom. The molecule has 4 atom stereocenters. The highest BCUT2D eigenvalue weighted by Gasteiger charge is 2.45. The number of ether oxygens (including phenoxy) is 1. The molecule has 1 aliphatic carbocycles. The molecule has 2 aliphatic rings. The standard InChI is InChI=1S/C24H30ClN5O3/c1-15(27-24(32)33-14-16-8-4-3-5-9-16)18-13-21(29-23(25)28-18)30-19-11-7-6-10-17(19)12-20(30)22(31)26-2/h3-5,8-9,13,15,17,19-20H,6-7,10-12,14H2,1-2H3,(H,26,31)(H,27,32)/t15?,17-,19-,20-/m0/s1. The van der Waals surface area contributed by atoms with Gasteiger partial charge in [0.25, 0.3) is 0 Å². The normalized spacial score (nSPS) is 22.9. The lowest BCUT2D eigenvalue weighted by Gasteiger charge is -2.34. The maximum absolute atomic E-state index is 12.7. The van der Waals surface area contributed by atoms with E-state index in [1.54, 1.807) is 7.05 Å². The minimum Gasteiger partial charge on any atom is -0.445 e. The summed E-state index contributed by atoms with van der Waals surface area (Å²) >= 11 is 6.29. The van der Waals surface area contributed by atoms with E-state index in [1.807, 2.05) is 43.3 Å². The number of amides is 2. The van der Waals surface area contributed by atoms with Crippen LogP contribution in [0, 0.1) is 5.92 Å². The van der Waals surface area contributed by atoms with E-state index in [4.69, 9.17) is 16.3 Å². The number of rotatable bonds is 6. The quantitative estimate of drug-likeness (QED) is 0.618. The van der Waals surface area contributed by atoms with Crippen LogP contribution in [-0.2, 0) is 16.1 Å². The SMILES string of the molecule is CNC(=O)[C@@H]1C[C@@H]2CCCC[C@@H]2N1c1cc(C(C)NC(=O)OCc2ccccc2)nc(Cl)n1. The molecule has 1 saturated carbocycles. The molecule has 2 N–H and O–H groups in total. The lowest BCUT2D eigenvalue weighted by Crippen LogP contribution is -2.46. The first-order chi connectivity index (χ1) is 16.0. The Labute approximate surface area is 199 Å². The summed E-state index contributed by atoms with van der Waals surface area (Å²) in [7, 11) is 1.66. The number of likely N-dealkylation sites (N-methyl/N-ethyl adjacent to an activating group) is 1. The van der Waals surface area contributed by atoms with Gasteiger partial charge in [0, 0.05) is 19.2 Å². The highest BCUT2D eigenvalue weighted by Crippen LogP contribution is 2.42. The highest BCUT2D eigenvalue weighted by atomic mass is 35.5. The zero-order valence-corrected chi connectivity index (χ0v) is 19.7. The number of carbonyl (C=O) groups is 2. The number of benzene rings is 1. The van der Waals surface area contributed by atoms with Gasteiger partial charge in [-0.3, -0.25) is 4.79 Å². The number of hydrogen-bond donors (Lipinski definition) is 2. The number of aromatic nitrogens is 2. The van der Waals surface area contributed by atoms with Crippen molar-refractivity contribution < 1.29 is 14.3 Å². The molecule has 33 heavy (non-hydrogen) atoms. The second-order valence-electron chi connectivity index (χ2n) is 8.73. The lowest BCUT2D eigenvalue weighted by atomic mass is 9.84. The topological polar surface area (TPSA) is 96.5 Å². The zero-order valence-electron chi connectivity index (χ0n) is 19.0. The lowest BCUT2D eigenvalue weighted by molar-refractivity contribution is -0.121. The molecule has 1 aromatic carbocycles. The molecule has 2 heterocycles. The maximum Gasteiger partial charge on any atom is 0.407 e. The molecule has 2 fully saturated rings. The number of hydrogen-bond acceptors (Lipinski definition) is 6. The Balaban J connectivity index is 1.50. The number of anilines is 1. The molecule has 0 spiro atoms. The van der Waals surface area contributed by atoms with Gasteiger partial charge in [-0.15, -0.1) is 0 Å². The van der Waals surface area contributed by atoms with E-state index >= 15 is 0 Å². The minimum absolute atomic E-state index is 0.0173. The van der Waals surface area contributed by atoms with E-state index in [0.29, 0.717) is 17.4 Å². The Morgan fingerprint density at radius 2 is 1.97 bits per heavy atom. The molecule has 4 rings (SSSR count). The van der Waals surface area contributed by atoms with Crippen molar-refractivity contribution in [3.05, 3.63) is 52.9 Å². The number of nitrogens with one attached hydrogen (secondary N) is 2. The molecule has 1 aliphatic heterocycles. The molecular weight excluding hydrogens is 442 g/mol.